The fraction of sp³-hybridized carbons (Fsp3) is 0.455. The third-order valence-corrected chi connectivity index (χ3v) is 4.33. The minimum Gasteiger partial charge on any atom is -0.329 e. The van der Waals surface area contributed by atoms with Crippen LogP contribution in [0.2, 0.25) is 0 Å². The van der Waals surface area contributed by atoms with E-state index < -0.39 is 10.0 Å². The maximum Gasteiger partial charge on any atom is 0.243 e. The van der Waals surface area contributed by atoms with E-state index in [2.05, 4.69) is 0 Å². The molecule has 0 saturated heterocycles. The average molecular weight is 257 g/mol. The second kappa shape index (κ2) is 6.11. The molecule has 0 heterocycles. The van der Waals surface area contributed by atoms with Gasteiger partial charge in [-0.05, 0) is 19.1 Å². The van der Waals surface area contributed by atoms with Crippen molar-refractivity contribution in [2.24, 2.45) is 11.5 Å². The Labute approximate surface area is 102 Å². The number of nitrogens with zero attached hydrogens (tertiary/aromatic N) is 1. The highest BCUT2D eigenvalue weighted by atomic mass is 32.2. The van der Waals surface area contributed by atoms with Gasteiger partial charge in [-0.25, -0.2) is 8.42 Å². The van der Waals surface area contributed by atoms with Crippen molar-refractivity contribution in [1.29, 1.82) is 0 Å². The molecule has 1 aromatic rings. The first-order valence-electron chi connectivity index (χ1n) is 5.49. The minimum atomic E-state index is -3.47. The monoisotopic (exact) mass is 257 g/mol. The highest BCUT2D eigenvalue weighted by molar-refractivity contribution is 7.89. The van der Waals surface area contributed by atoms with Gasteiger partial charge in [0, 0.05) is 26.2 Å². The molecule has 0 fully saturated rings. The molecule has 0 unspecified atom stereocenters. The summed E-state index contributed by atoms with van der Waals surface area (Å²) in [6, 6.07) is 6.75. The first kappa shape index (κ1) is 14.1. The van der Waals surface area contributed by atoms with Gasteiger partial charge in [-0.15, -0.1) is 0 Å². The van der Waals surface area contributed by atoms with Gasteiger partial charge in [-0.2, -0.15) is 4.31 Å². The zero-order chi connectivity index (χ0) is 12.9. The van der Waals surface area contributed by atoms with Crippen LogP contribution in [0.1, 0.15) is 5.56 Å². The predicted molar refractivity (Wildman–Crippen MR) is 68.0 cm³/mol. The van der Waals surface area contributed by atoms with Gasteiger partial charge in [0.15, 0.2) is 0 Å². The molecule has 1 aromatic carbocycles. The first-order valence-corrected chi connectivity index (χ1v) is 6.93. The van der Waals surface area contributed by atoms with E-state index in [9.17, 15) is 8.42 Å². The van der Waals surface area contributed by atoms with Gasteiger partial charge in [0.25, 0.3) is 0 Å². The molecule has 96 valence electrons. The van der Waals surface area contributed by atoms with Gasteiger partial charge in [0.05, 0.1) is 4.90 Å². The van der Waals surface area contributed by atoms with E-state index in [4.69, 9.17) is 11.5 Å². The fourth-order valence-electron chi connectivity index (χ4n) is 1.50. The summed E-state index contributed by atoms with van der Waals surface area (Å²) in [5, 5.41) is 0. The number of nitrogens with two attached hydrogens (primary N) is 2. The summed E-state index contributed by atoms with van der Waals surface area (Å²) in [5.74, 6) is 0. The second-order valence-corrected chi connectivity index (χ2v) is 5.73. The molecule has 0 atom stereocenters. The van der Waals surface area contributed by atoms with Crippen LogP contribution < -0.4 is 11.5 Å². The highest BCUT2D eigenvalue weighted by Crippen LogP contribution is 2.15. The molecule has 1 rings (SSSR count). The fourth-order valence-corrected chi connectivity index (χ4v) is 2.97. The maximum absolute atomic E-state index is 12.2. The van der Waals surface area contributed by atoms with Crippen LogP contribution in [-0.2, 0) is 10.0 Å². The van der Waals surface area contributed by atoms with E-state index in [1.165, 1.54) is 4.31 Å². The van der Waals surface area contributed by atoms with Gasteiger partial charge >= 0.3 is 0 Å². The quantitative estimate of drug-likeness (QED) is 0.745. The van der Waals surface area contributed by atoms with Gasteiger partial charge in [0.1, 0.15) is 0 Å². The molecular formula is C11H19N3O2S. The molecule has 0 saturated carbocycles. The molecule has 0 aromatic heterocycles. The van der Waals surface area contributed by atoms with Crippen molar-refractivity contribution in [2.45, 2.75) is 11.8 Å². The molecule has 0 radical (unpaired) electrons. The van der Waals surface area contributed by atoms with Crippen molar-refractivity contribution in [3.8, 4) is 0 Å². The Balaban J connectivity index is 3.02. The van der Waals surface area contributed by atoms with Crippen molar-refractivity contribution >= 4 is 10.0 Å². The molecule has 6 heteroatoms. The highest BCUT2D eigenvalue weighted by Gasteiger charge is 2.22. The van der Waals surface area contributed by atoms with Gasteiger partial charge in [-0.1, -0.05) is 17.7 Å². The van der Waals surface area contributed by atoms with Crippen molar-refractivity contribution in [2.75, 3.05) is 26.2 Å². The summed E-state index contributed by atoms with van der Waals surface area (Å²) in [6.45, 7) is 3.05. The Morgan fingerprint density at radius 1 is 1.06 bits per heavy atom. The zero-order valence-electron chi connectivity index (χ0n) is 9.96. The molecular weight excluding hydrogens is 238 g/mol. The topological polar surface area (TPSA) is 89.4 Å². The second-order valence-electron chi connectivity index (χ2n) is 3.79. The summed E-state index contributed by atoms with van der Waals surface area (Å²) in [7, 11) is -3.47. The molecule has 17 heavy (non-hydrogen) atoms. The van der Waals surface area contributed by atoms with Gasteiger partial charge < -0.3 is 11.5 Å². The molecule has 4 N–H and O–H groups in total. The smallest absolute Gasteiger partial charge is 0.243 e. The van der Waals surface area contributed by atoms with Crippen molar-refractivity contribution in [3.63, 3.8) is 0 Å². The van der Waals surface area contributed by atoms with Crippen LogP contribution in [0.25, 0.3) is 0 Å². The molecule has 0 aliphatic heterocycles. The van der Waals surface area contributed by atoms with E-state index in [1.807, 2.05) is 6.92 Å². The molecule has 0 aliphatic carbocycles. The molecule has 0 bridgehead atoms. The zero-order valence-corrected chi connectivity index (χ0v) is 10.8. The van der Waals surface area contributed by atoms with Crippen LogP contribution >= 0.6 is 0 Å². The summed E-state index contributed by atoms with van der Waals surface area (Å²) in [5.41, 5.74) is 11.8. The Morgan fingerprint density at radius 2 is 1.53 bits per heavy atom. The lowest BCUT2D eigenvalue weighted by atomic mass is 10.2. The minimum absolute atomic E-state index is 0.282. The summed E-state index contributed by atoms with van der Waals surface area (Å²) in [4.78, 5) is 0.282. The number of benzene rings is 1. The van der Waals surface area contributed by atoms with E-state index in [0.29, 0.717) is 0 Å². The lowest BCUT2D eigenvalue weighted by Gasteiger charge is -2.20. The van der Waals surface area contributed by atoms with Crippen molar-refractivity contribution < 1.29 is 8.42 Å². The van der Waals surface area contributed by atoms with E-state index in [-0.39, 0.29) is 31.1 Å². The maximum atomic E-state index is 12.2. The lowest BCUT2D eigenvalue weighted by Crippen LogP contribution is -2.38. The molecule has 0 amide bonds. The molecule has 5 nitrogen and oxygen atoms in total. The van der Waals surface area contributed by atoms with Crippen LogP contribution in [0.4, 0.5) is 0 Å². The van der Waals surface area contributed by atoms with E-state index in [1.54, 1.807) is 24.3 Å². The predicted octanol–water partition coefficient (Wildman–Crippen LogP) is -0.0969. The first-order chi connectivity index (χ1) is 8.02. The van der Waals surface area contributed by atoms with E-state index >= 15 is 0 Å². The number of aryl methyl sites for hydroxylation is 1. The third-order valence-electron chi connectivity index (χ3n) is 2.42. The summed E-state index contributed by atoms with van der Waals surface area (Å²) in [6.07, 6.45) is 0. The normalized spacial score (nSPS) is 12.0. The Hall–Kier alpha value is -0.950. The Kier molecular flexibility index (Phi) is 5.07. The number of hydrogen-bond acceptors (Lipinski definition) is 4. The van der Waals surface area contributed by atoms with Crippen LogP contribution in [-0.4, -0.2) is 38.9 Å². The third kappa shape index (κ3) is 3.50. The lowest BCUT2D eigenvalue weighted by molar-refractivity contribution is 0.426. The van der Waals surface area contributed by atoms with Crippen LogP contribution in [0.5, 0.6) is 0 Å². The summed E-state index contributed by atoms with van der Waals surface area (Å²) < 4.78 is 25.8. The molecule has 0 aliphatic rings. The van der Waals surface area contributed by atoms with E-state index in [0.717, 1.165) is 5.56 Å². The van der Waals surface area contributed by atoms with Crippen molar-refractivity contribution in [3.05, 3.63) is 29.8 Å². The van der Waals surface area contributed by atoms with Crippen LogP contribution in [0.15, 0.2) is 29.2 Å². The summed E-state index contributed by atoms with van der Waals surface area (Å²) >= 11 is 0. The number of rotatable bonds is 6. The average Bonchev–Trinajstić information content (AvgIpc) is 2.29. The van der Waals surface area contributed by atoms with Gasteiger partial charge in [0.2, 0.25) is 10.0 Å². The van der Waals surface area contributed by atoms with Crippen molar-refractivity contribution in [1.82, 2.24) is 4.31 Å². The van der Waals surface area contributed by atoms with Crippen LogP contribution in [0.3, 0.4) is 0 Å². The Bertz CT molecular complexity index is 436. The largest absolute Gasteiger partial charge is 0.329 e. The Morgan fingerprint density at radius 3 is 1.94 bits per heavy atom. The van der Waals surface area contributed by atoms with Gasteiger partial charge in [-0.3, -0.25) is 0 Å². The molecule has 0 spiro atoms. The SMILES string of the molecule is Cc1ccc(S(=O)(=O)N(CCN)CCN)cc1. The standard InChI is InChI=1S/C11H19N3O2S/c1-10-2-4-11(5-3-10)17(15,16)14(8-6-12)9-7-13/h2-5H,6-9,12-13H2,1H3. The van der Waals surface area contributed by atoms with Crippen LogP contribution in [0, 0.1) is 6.92 Å². The number of hydrogen-bond donors (Lipinski definition) is 2. The number of sulfonamides is 1.